The molecular weight excluding hydrogens is 500 g/mol. The normalized spacial score (nSPS) is 12.6. The van der Waals surface area contributed by atoms with Crippen molar-refractivity contribution in [2.45, 2.75) is 43.7 Å². The SMILES string of the molecule is COC(=O)CNC(=O)C(C)SSC(C)C(=O)NC(Cc1ccccc1)C(=O)OC.Cc1ccccc1. The van der Waals surface area contributed by atoms with E-state index in [2.05, 4.69) is 34.4 Å². The lowest BCUT2D eigenvalue weighted by Gasteiger charge is -2.19. The average Bonchev–Trinajstić information content (AvgIpc) is 2.90. The summed E-state index contributed by atoms with van der Waals surface area (Å²) in [4.78, 5) is 47.5. The molecular formula is C26H34N2O6S2. The van der Waals surface area contributed by atoms with Gasteiger partial charge in [-0.05, 0) is 26.3 Å². The molecule has 0 bridgehead atoms. The van der Waals surface area contributed by atoms with Crippen LogP contribution in [0.3, 0.4) is 0 Å². The number of rotatable bonds is 11. The van der Waals surface area contributed by atoms with Crippen molar-refractivity contribution in [3.05, 3.63) is 71.8 Å². The van der Waals surface area contributed by atoms with Crippen LogP contribution in [0.2, 0.25) is 0 Å². The number of aryl methyl sites for hydroxylation is 1. The van der Waals surface area contributed by atoms with Crippen molar-refractivity contribution in [1.29, 1.82) is 0 Å². The van der Waals surface area contributed by atoms with Crippen LogP contribution < -0.4 is 10.6 Å². The lowest BCUT2D eigenvalue weighted by molar-refractivity contribution is -0.145. The highest BCUT2D eigenvalue weighted by Crippen LogP contribution is 2.31. The quantitative estimate of drug-likeness (QED) is 0.334. The predicted octanol–water partition coefficient (Wildman–Crippen LogP) is 3.33. The third-order valence-corrected chi connectivity index (χ3v) is 7.92. The molecule has 0 spiro atoms. The summed E-state index contributed by atoms with van der Waals surface area (Å²) < 4.78 is 9.26. The van der Waals surface area contributed by atoms with Gasteiger partial charge in [0.25, 0.3) is 0 Å². The van der Waals surface area contributed by atoms with Crippen molar-refractivity contribution < 1.29 is 28.7 Å². The molecule has 3 unspecified atom stereocenters. The Morgan fingerprint density at radius 2 is 1.33 bits per heavy atom. The van der Waals surface area contributed by atoms with E-state index >= 15 is 0 Å². The van der Waals surface area contributed by atoms with Crippen molar-refractivity contribution in [3.8, 4) is 0 Å². The van der Waals surface area contributed by atoms with Crippen LogP contribution in [-0.4, -0.2) is 61.1 Å². The Bertz CT molecular complexity index is 959. The molecule has 10 heteroatoms. The Labute approximate surface area is 220 Å². The molecule has 0 aliphatic rings. The van der Waals surface area contributed by atoms with E-state index in [0.29, 0.717) is 6.42 Å². The molecule has 2 rings (SSSR count). The topological polar surface area (TPSA) is 111 Å². The molecule has 196 valence electrons. The summed E-state index contributed by atoms with van der Waals surface area (Å²) in [6.07, 6.45) is 0.316. The number of esters is 2. The number of carbonyl (C=O) groups is 4. The van der Waals surface area contributed by atoms with Crippen LogP contribution in [-0.2, 0) is 35.1 Å². The Morgan fingerprint density at radius 3 is 1.81 bits per heavy atom. The smallest absolute Gasteiger partial charge is 0.328 e. The Morgan fingerprint density at radius 1 is 0.806 bits per heavy atom. The van der Waals surface area contributed by atoms with Crippen LogP contribution in [0, 0.1) is 6.92 Å². The number of hydrogen-bond acceptors (Lipinski definition) is 8. The maximum Gasteiger partial charge on any atom is 0.328 e. The molecule has 0 aliphatic heterocycles. The van der Waals surface area contributed by atoms with E-state index in [9.17, 15) is 19.2 Å². The number of nitrogens with one attached hydrogen (secondary N) is 2. The van der Waals surface area contributed by atoms with Crippen LogP contribution in [0.5, 0.6) is 0 Å². The molecule has 2 amide bonds. The van der Waals surface area contributed by atoms with E-state index in [4.69, 9.17) is 4.74 Å². The average molecular weight is 535 g/mol. The number of benzene rings is 2. The Balaban J connectivity index is 0.000000789. The van der Waals surface area contributed by atoms with Crippen LogP contribution >= 0.6 is 21.6 Å². The van der Waals surface area contributed by atoms with Crippen LogP contribution in [0.1, 0.15) is 25.0 Å². The van der Waals surface area contributed by atoms with Gasteiger partial charge in [0.2, 0.25) is 11.8 Å². The van der Waals surface area contributed by atoms with Gasteiger partial charge in [-0.2, -0.15) is 0 Å². The van der Waals surface area contributed by atoms with Gasteiger partial charge in [0, 0.05) is 6.42 Å². The highest BCUT2D eigenvalue weighted by molar-refractivity contribution is 8.77. The molecule has 2 aromatic rings. The van der Waals surface area contributed by atoms with Crippen molar-refractivity contribution in [3.63, 3.8) is 0 Å². The number of amides is 2. The van der Waals surface area contributed by atoms with Gasteiger partial charge in [0.1, 0.15) is 12.6 Å². The fourth-order valence-electron chi connectivity index (χ4n) is 2.64. The van der Waals surface area contributed by atoms with Gasteiger partial charge in [0.15, 0.2) is 0 Å². The van der Waals surface area contributed by atoms with Gasteiger partial charge >= 0.3 is 11.9 Å². The van der Waals surface area contributed by atoms with Crippen LogP contribution in [0.4, 0.5) is 0 Å². The maximum atomic E-state index is 12.5. The second-order valence-corrected chi connectivity index (χ2v) is 10.7. The number of carbonyl (C=O) groups excluding carboxylic acids is 4. The van der Waals surface area contributed by atoms with E-state index in [1.165, 1.54) is 41.4 Å². The zero-order chi connectivity index (χ0) is 26.9. The van der Waals surface area contributed by atoms with Gasteiger partial charge in [0.05, 0.1) is 24.7 Å². The zero-order valence-corrected chi connectivity index (χ0v) is 22.8. The van der Waals surface area contributed by atoms with Crippen molar-refractivity contribution >= 4 is 45.3 Å². The van der Waals surface area contributed by atoms with E-state index in [1.807, 2.05) is 48.5 Å². The lowest BCUT2D eigenvalue weighted by Crippen LogP contribution is -2.45. The fourth-order valence-corrected chi connectivity index (χ4v) is 4.82. The maximum absolute atomic E-state index is 12.5. The highest BCUT2D eigenvalue weighted by atomic mass is 33.1. The molecule has 2 aromatic carbocycles. The lowest BCUT2D eigenvalue weighted by atomic mass is 10.1. The molecule has 8 nitrogen and oxygen atoms in total. The first-order chi connectivity index (χ1) is 17.2. The van der Waals surface area contributed by atoms with Crippen molar-refractivity contribution in [2.24, 2.45) is 0 Å². The summed E-state index contributed by atoms with van der Waals surface area (Å²) in [6.45, 7) is 5.23. The monoisotopic (exact) mass is 534 g/mol. The third-order valence-electron chi connectivity index (χ3n) is 4.74. The molecule has 3 atom stereocenters. The number of methoxy groups -OCH3 is 2. The summed E-state index contributed by atoms with van der Waals surface area (Å²) in [7, 11) is 4.92. The zero-order valence-electron chi connectivity index (χ0n) is 21.2. The summed E-state index contributed by atoms with van der Waals surface area (Å²) in [5.74, 6) is -1.74. The van der Waals surface area contributed by atoms with Crippen LogP contribution in [0.15, 0.2) is 60.7 Å². The number of ether oxygens (including phenoxy) is 2. The van der Waals surface area contributed by atoms with Gasteiger partial charge in [-0.3, -0.25) is 14.4 Å². The first kappa shape index (κ1) is 31.1. The molecule has 0 saturated heterocycles. The second-order valence-electron chi connectivity index (χ2n) is 7.70. The molecule has 36 heavy (non-hydrogen) atoms. The largest absolute Gasteiger partial charge is 0.468 e. The van der Waals surface area contributed by atoms with Gasteiger partial charge < -0.3 is 20.1 Å². The standard InChI is InChI=1S/C19H26N2O6S2.C7H8/c1-12(17(23)20-11-16(22)26-3)28-29-13(2)18(24)21-15(19(25)27-4)10-14-8-6-5-7-9-14;1-7-5-3-2-4-6-7/h5-9,12-13,15H,10-11H2,1-4H3,(H,20,23)(H,21,24);2-6H,1H3. The second kappa shape index (κ2) is 17.4. The Hall–Kier alpha value is -2.98. The van der Waals surface area contributed by atoms with Crippen molar-refractivity contribution in [2.75, 3.05) is 20.8 Å². The van der Waals surface area contributed by atoms with E-state index in [0.717, 1.165) is 5.56 Å². The first-order valence-electron chi connectivity index (χ1n) is 11.3. The van der Waals surface area contributed by atoms with Gasteiger partial charge in [-0.1, -0.05) is 87.8 Å². The van der Waals surface area contributed by atoms with E-state index in [-0.39, 0.29) is 18.4 Å². The predicted molar refractivity (Wildman–Crippen MR) is 144 cm³/mol. The van der Waals surface area contributed by atoms with Crippen LogP contribution in [0.25, 0.3) is 0 Å². The molecule has 0 aromatic heterocycles. The van der Waals surface area contributed by atoms with Gasteiger partial charge in [-0.15, -0.1) is 0 Å². The van der Waals surface area contributed by atoms with Crippen molar-refractivity contribution in [1.82, 2.24) is 10.6 Å². The number of hydrogen-bond donors (Lipinski definition) is 2. The summed E-state index contributed by atoms with van der Waals surface area (Å²) >= 11 is 0. The molecule has 2 N–H and O–H groups in total. The summed E-state index contributed by atoms with van der Waals surface area (Å²) in [5, 5.41) is 4.17. The first-order valence-corrected chi connectivity index (χ1v) is 13.6. The highest BCUT2D eigenvalue weighted by Gasteiger charge is 2.26. The molecule has 0 fully saturated rings. The molecule has 0 radical (unpaired) electrons. The molecule has 0 heterocycles. The minimum absolute atomic E-state index is 0.207. The van der Waals surface area contributed by atoms with Gasteiger partial charge in [-0.25, -0.2) is 4.79 Å². The molecule has 0 saturated carbocycles. The minimum Gasteiger partial charge on any atom is -0.468 e. The minimum atomic E-state index is -0.802. The fraction of sp³-hybridized carbons (Fsp3) is 0.385. The van der Waals surface area contributed by atoms with E-state index in [1.54, 1.807) is 13.8 Å². The summed E-state index contributed by atoms with van der Waals surface area (Å²) in [6, 6.07) is 18.8. The van der Waals surface area contributed by atoms with E-state index < -0.39 is 28.5 Å². The molecule has 0 aliphatic carbocycles. The third kappa shape index (κ3) is 12.6. The summed E-state index contributed by atoms with van der Waals surface area (Å²) in [5.41, 5.74) is 2.22. The Kier molecular flexibility index (Phi) is 15.1.